The Morgan fingerprint density at radius 2 is 2.04 bits per heavy atom. The van der Waals surface area contributed by atoms with Crippen molar-refractivity contribution in [1.82, 2.24) is 9.29 Å². The van der Waals surface area contributed by atoms with E-state index in [-0.39, 0.29) is 12.3 Å². The maximum absolute atomic E-state index is 12.3. The highest BCUT2D eigenvalue weighted by Crippen LogP contribution is 2.30. The van der Waals surface area contributed by atoms with E-state index in [1.807, 2.05) is 12.1 Å². The van der Waals surface area contributed by atoms with Crippen LogP contribution in [-0.2, 0) is 34.2 Å². The fourth-order valence-corrected chi connectivity index (χ4v) is 5.19. The van der Waals surface area contributed by atoms with Crippen molar-refractivity contribution in [3.05, 3.63) is 45.4 Å². The zero-order chi connectivity index (χ0) is 18.9. The van der Waals surface area contributed by atoms with E-state index in [0.717, 1.165) is 16.1 Å². The number of amides is 1. The average Bonchev–Trinajstić information content (AvgIpc) is 2.97. The Kier molecular flexibility index (Phi) is 5.67. The third kappa shape index (κ3) is 4.25. The molecule has 1 aromatic heterocycles. The number of thiazole rings is 1. The van der Waals surface area contributed by atoms with Crippen molar-refractivity contribution < 1.29 is 13.2 Å². The standard InChI is InChI=1S/C17H20ClN3O3S2/c1-11(2)26(23,24)21-8-7-14-15(10-21)25-17(19-14)20-16(22)9-12-3-5-13(18)6-4-12/h3-6,11H,7-10H2,1-2H3,(H,19,20,22). The number of carbonyl (C=O) groups excluding carboxylic acids is 1. The molecule has 0 radical (unpaired) electrons. The normalized spacial score (nSPS) is 15.1. The fraction of sp³-hybridized carbons (Fsp3) is 0.412. The van der Waals surface area contributed by atoms with Crippen LogP contribution in [0.3, 0.4) is 0 Å². The van der Waals surface area contributed by atoms with Crippen molar-refractivity contribution in [3.63, 3.8) is 0 Å². The maximum atomic E-state index is 12.3. The van der Waals surface area contributed by atoms with E-state index in [4.69, 9.17) is 11.6 Å². The van der Waals surface area contributed by atoms with Crippen LogP contribution >= 0.6 is 22.9 Å². The third-order valence-electron chi connectivity index (χ3n) is 4.18. The van der Waals surface area contributed by atoms with E-state index in [1.54, 1.807) is 26.0 Å². The molecule has 0 aliphatic carbocycles. The highest BCUT2D eigenvalue weighted by Gasteiger charge is 2.31. The molecule has 0 spiro atoms. The van der Waals surface area contributed by atoms with E-state index < -0.39 is 15.3 Å². The average molecular weight is 414 g/mol. The third-order valence-corrected chi connectivity index (χ3v) is 7.65. The monoisotopic (exact) mass is 413 g/mol. The van der Waals surface area contributed by atoms with Gasteiger partial charge in [-0.3, -0.25) is 4.79 Å². The Hall–Kier alpha value is -1.48. The van der Waals surface area contributed by atoms with Gasteiger partial charge < -0.3 is 5.32 Å². The summed E-state index contributed by atoms with van der Waals surface area (Å²) in [6.45, 7) is 4.11. The molecular weight excluding hydrogens is 394 g/mol. The van der Waals surface area contributed by atoms with Crippen molar-refractivity contribution in [2.45, 2.75) is 38.5 Å². The minimum absolute atomic E-state index is 0.162. The number of nitrogens with zero attached hydrogens (tertiary/aromatic N) is 2. The molecule has 0 fully saturated rings. The molecular formula is C17H20ClN3O3S2. The van der Waals surface area contributed by atoms with Crippen LogP contribution in [0.4, 0.5) is 5.13 Å². The number of nitrogens with one attached hydrogen (secondary N) is 1. The molecule has 0 saturated carbocycles. The van der Waals surface area contributed by atoms with Crippen LogP contribution < -0.4 is 5.32 Å². The lowest BCUT2D eigenvalue weighted by atomic mass is 10.1. The van der Waals surface area contributed by atoms with Crippen LogP contribution in [0.15, 0.2) is 24.3 Å². The second-order valence-corrected chi connectivity index (χ2v) is 10.4. The number of hydrogen-bond donors (Lipinski definition) is 1. The predicted octanol–water partition coefficient (Wildman–Crippen LogP) is 3.07. The maximum Gasteiger partial charge on any atom is 0.230 e. The van der Waals surface area contributed by atoms with Gasteiger partial charge in [0, 0.05) is 29.4 Å². The summed E-state index contributed by atoms with van der Waals surface area (Å²) in [5.41, 5.74) is 1.73. The van der Waals surface area contributed by atoms with E-state index in [9.17, 15) is 13.2 Å². The van der Waals surface area contributed by atoms with Gasteiger partial charge >= 0.3 is 0 Å². The van der Waals surface area contributed by atoms with Crippen LogP contribution in [0.2, 0.25) is 5.02 Å². The van der Waals surface area contributed by atoms with Crippen LogP contribution in [-0.4, -0.2) is 35.4 Å². The van der Waals surface area contributed by atoms with Gasteiger partial charge in [0.05, 0.1) is 17.4 Å². The molecule has 1 N–H and O–H groups in total. The van der Waals surface area contributed by atoms with E-state index >= 15 is 0 Å². The Morgan fingerprint density at radius 3 is 2.69 bits per heavy atom. The lowest BCUT2D eigenvalue weighted by molar-refractivity contribution is -0.115. The second-order valence-electron chi connectivity index (χ2n) is 6.42. The number of halogens is 1. The molecule has 2 heterocycles. The Bertz CT molecular complexity index is 908. The minimum Gasteiger partial charge on any atom is -0.302 e. The summed E-state index contributed by atoms with van der Waals surface area (Å²) in [6, 6.07) is 7.11. The summed E-state index contributed by atoms with van der Waals surface area (Å²) in [4.78, 5) is 17.6. The molecule has 6 nitrogen and oxygen atoms in total. The predicted molar refractivity (Wildman–Crippen MR) is 104 cm³/mol. The number of anilines is 1. The van der Waals surface area contributed by atoms with Gasteiger partial charge in [-0.25, -0.2) is 13.4 Å². The van der Waals surface area contributed by atoms with Gasteiger partial charge in [0.25, 0.3) is 0 Å². The van der Waals surface area contributed by atoms with E-state index in [1.165, 1.54) is 15.6 Å². The Morgan fingerprint density at radius 1 is 1.35 bits per heavy atom. The molecule has 9 heteroatoms. The summed E-state index contributed by atoms with van der Waals surface area (Å²) < 4.78 is 26.2. The van der Waals surface area contributed by atoms with E-state index in [0.29, 0.717) is 29.7 Å². The van der Waals surface area contributed by atoms with Gasteiger partial charge in [0.1, 0.15) is 0 Å². The molecule has 0 unspecified atom stereocenters. The minimum atomic E-state index is -3.29. The Balaban J connectivity index is 1.66. The number of sulfonamides is 1. The first-order chi connectivity index (χ1) is 12.3. The number of aromatic nitrogens is 1. The topological polar surface area (TPSA) is 79.4 Å². The fourth-order valence-electron chi connectivity index (χ4n) is 2.69. The summed E-state index contributed by atoms with van der Waals surface area (Å²) >= 11 is 7.18. The number of rotatable bonds is 5. The lowest BCUT2D eigenvalue weighted by Crippen LogP contribution is -2.39. The van der Waals surface area contributed by atoms with Crippen molar-refractivity contribution in [3.8, 4) is 0 Å². The number of fused-ring (bicyclic) bond motifs is 1. The van der Waals surface area contributed by atoms with Crippen LogP contribution in [0.1, 0.15) is 30.0 Å². The first kappa shape index (κ1) is 19.3. The second kappa shape index (κ2) is 7.64. The molecule has 140 valence electrons. The van der Waals surface area contributed by atoms with Crippen molar-refractivity contribution in [1.29, 1.82) is 0 Å². The zero-order valence-electron chi connectivity index (χ0n) is 14.5. The SMILES string of the molecule is CC(C)S(=O)(=O)N1CCc2nc(NC(=O)Cc3ccc(Cl)cc3)sc2C1. The molecule has 0 saturated heterocycles. The quantitative estimate of drug-likeness (QED) is 0.816. The zero-order valence-corrected chi connectivity index (χ0v) is 16.9. The van der Waals surface area contributed by atoms with Crippen LogP contribution in [0.5, 0.6) is 0 Å². The van der Waals surface area contributed by atoms with Crippen LogP contribution in [0, 0.1) is 0 Å². The smallest absolute Gasteiger partial charge is 0.230 e. The lowest BCUT2D eigenvalue weighted by Gasteiger charge is -2.26. The molecule has 26 heavy (non-hydrogen) atoms. The van der Waals surface area contributed by atoms with Gasteiger partial charge in [0.15, 0.2) is 5.13 Å². The van der Waals surface area contributed by atoms with Gasteiger partial charge in [-0.05, 0) is 31.5 Å². The largest absolute Gasteiger partial charge is 0.302 e. The van der Waals surface area contributed by atoms with Crippen molar-refractivity contribution >= 4 is 44.0 Å². The van der Waals surface area contributed by atoms with Crippen LogP contribution in [0.25, 0.3) is 0 Å². The first-order valence-electron chi connectivity index (χ1n) is 8.27. The first-order valence-corrected chi connectivity index (χ1v) is 11.0. The summed E-state index contributed by atoms with van der Waals surface area (Å²) in [7, 11) is -3.29. The molecule has 1 aromatic carbocycles. The van der Waals surface area contributed by atoms with Gasteiger partial charge in [-0.1, -0.05) is 23.7 Å². The molecule has 0 atom stereocenters. The molecule has 0 bridgehead atoms. The molecule has 1 amide bonds. The highest BCUT2D eigenvalue weighted by molar-refractivity contribution is 7.89. The number of benzene rings is 1. The van der Waals surface area contributed by atoms with Gasteiger partial charge in [-0.15, -0.1) is 11.3 Å². The molecule has 3 rings (SSSR count). The van der Waals surface area contributed by atoms with E-state index in [2.05, 4.69) is 10.3 Å². The molecule has 1 aliphatic heterocycles. The summed E-state index contributed by atoms with van der Waals surface area (Å²) in [5, 5.41) is 3.50. The highest BCUT2D eigenvalue weighted by atomic mass is 35.5. The molecule has 1 aliphatic rings. The Labute approximate surface area is 162 Å². The number of carbonyl (C=O) groups is 1. The molecule has 2 aromatic rings. The summed E-state index contributed by atoms with van der Waals surface area (Å²) in [5.74, 6) is -0.162. The van der Waals surface area contributed by atoms with Gasteiger partial charge in [0.2, 0.25) is 15.9 Å². The van der Waals surface area contributed by atoms with Crippen molar-refractivity contribution in [2.75, 3.05) is 11.9 Å². The van der Waals surface area contributed by atoms with Crippen molar-refractivity contribution in [2.24, 2.45) is 0 Å². The number of hydrogen-bond acceptors (Lipinski definition) is 5. The summed E-state index contributed by atoms with van der Waals surface area (Å²) in [6.07, 6.45) is 0.792. The van der Waals surface area contributed by atoms with Gasteiger partial charge in [-0.2, -0.15) is 4.31 Å².